The van der Waals surface area contributed by atoms with Crippen LogP contribution in [0.15, 0.2) is 0 Å². The summed E-state index contributed by atoms with van der Waals surface area (Å²) in [5.74, 6) is 5.20. The Hall–Kier alpha value is -1.06. The predicted molar refractivity (Wildman–Crippen MR) is 72.7 cm³/mol. The highest BCUT2D eigenvalue weighted by Gasteiger charge is 2.40. The van der Waals surface area contributed by atoms with Crippen molar-refractivity contribution in [3.8, 4) is 11.8 Å². The Balaban J connectivity index is 1.97. The summed E-state index contributed by atoms with van der Waals surface area (Å²) in [5.41, 5.74) is 0. The molecule has 19 heavy (non-hydrogen) atoms. The first kappa shape index (κ1) is 14.4. The summed E-state index contributed by atoms with van der Waals surface area (Å²) < 4.78 is 25.6. The molecule has 0 spiro atoms. The second kappa shape index (κ2) is 5.93. The lowest BCUT2D eigenvalue weighted by molar-refractivity contribution is -0.115. The molecule has 1 N–H and O–H groups in total. The summed E-state index contributed by atoms with van der Waals surface area (Å²) in [7, 11) is -3.06. The van der Waals surface area contributed by atoms with E-state index in [1.165, 1.54) is 0 Å². The van der Waals surface area contributed by atoms with E-state index in [9.17, 15) is 13.2 Å². The molecule has 1 saturated carbocycles. The van der Waals surface area contributed by atoms with Crippen molar-refractivity contribution >= 4 is 15.9 Å². The highest BCUT2D eigenvalue weighted by molar-refractivity contribution is 7.89. The summed E-state index contributed by atoms with van der Waals surface area (Å²) in [5, 5.41) is 2.77. The Morgan fingerprint density at radius 1 is 1.37 bits per heavy atom. The summed E-state index contributed by atoms with van der Waals surface area (Å²) in [6.07, 6.45) is 3.62. The van der Waals surface area contributed by atoms with Crippen molar-refractivity contribution in [2.45, 2.75) is 38.6 Å². The Morgan fingerprint density at radius 3 is 2.79 bits per heavy atom. The van der Waals surface area contributed by atoms with Crippen molar-refractivity contribution in [1.29, 1.82) is 0 Å². The zero-order valence-electron chi connectivity index (χ0n) is 11.2. The average molecular weight is 284 g/mol. The minimum Gasteiger partial charge on any atom is -0.345 e. The maximum atomic E-state index is 12.0. The summed E-state index contributed by atoms with van der Waals surface area (Å²) >= 11 is 0. The topological polar surface area (TPSA) is 66.5 Å². The van der Waals surface area contributed by atoms with Gasteiger partial charge in [0.2, 0.25) is 10.0 Å². The van der Waals surface area contributed by atoms with Gasteiger partial charge in [-0.2, -0.15) is 4.31 Å². The van der Waals surface area contributed by atoms with Crippen LogP contribution >= 0.6 is 0 Å². The molecule has 1 aliphatic carbocycles. The third-order valence-electron chi connectivity index (χ3n) is 3.89. The number of carbonyl (C=O) groups is 1. The Labute approximate surface area is 114 Å². The number of nitrogens with zero attached hydrogens (tertiary/aromatic N) is 1. The highest BCUT2D eigenvalue weighted by Crippen LogP contribution is 2.33. The molecule has 6 heteroatoms. The van der Waals surface area contributed by atoms with Crippen LogP contribution in [0.3, 0.4) is 0 Å². The number of amides is 1. The summed E-state index contributed by atoms with van der Waals surface area (Å²) in [6.45, 7) is 2.77. The van der Waals surface area contributed by atoms with E-state index < -0.39 is 10.0 Å². The van der Waals surface area contributed by atoms with Crippen LogP contribution in [0.4, 0.5) is 0 Å². The van der Waals surface area contributed by atoms with E-state index in [2.05, 4.69) is 17.2 Å². The van der Waals surface area contributed by atoms with Crippen LogP contribution in [0, 0.1) is 17.8 Å². The quantitative estimate of drug-likeness (QED) is 0.760. The van der Waals surface area contributed by atoms with E-state index in [4.69, 9.17) is 0 Å². The molecule has 2 rings (SSSR count). The fraction of sp³-hybridized carbons (Fsp3) is 0.769. The molecule has 0 aromatic rings. The molecule has 2 atom stereocenters. The van der Waals surface area contributed by atoms with E-state index in [0.717, 1.165) is 25.7 Å². The second-order valence-corrected chi connectivity index (χ2v) is 7.16. The lowest BCUT2D eigenvalue weighted by Crippen LogP contribution is -2.42. The molecule has 5 nitrogen and oxygen atoms in total. The van der Waals surface area contributed by atoms with Crippen molar-refractivity contribution in [2.24, 2.45) is 5.92 Å². The third-order valence-corrected chi connectivity index (χ3v) is 5.86. The zero-order valence-corrected chi connectivity index (χ0v) is 12.0. The van der Waals surface area contributed by atoms with Gasteiger partial charge in [0, 0.05) is 19.1 Å². The maximum absolute atomic E-state index is 12.0. The number of hydrogen-bond acceptors (Lipinski definition) is 3. The molecule has 106 valence electrons. The van der Waals surface area contributed by atoms with Crippen molar-refractivity contribution in [1.82, 2.24) is 9.62 Å². The Bertz CT molecular complexity index is 504. The minimum absolute atomic E-state index is 0.0578. The minimum atomic E-state index is -3.06. The van der Waals surface area contributed by atoms with Gasteiger partial charge in [-0.25, -0.2) is 8.42 Å². The monoisotopic (exact) mass is 284 g/mol. The maximum Gasteiger partial charge on any atom is 0.295 e. The molecule has 1 amide bonds. The standard InChI is InChI=1S/C13H20N2O3S/c1-2-5-13(16)14-10-11-6-3-7-12(11)15-8-4-9-19(15,17)18/h11-12H,3-4,6-10H2,1H3,(H,14,16). The van der Waals surface area contributed by atoms with Crippen LogP contribution < -0.4 is 5.32 Å². The lowest BCUT2D eigenvalue weighted by atomic mass is 10.0. The third kappa shape index (κ3) is 3.28. The lowest BCUT2D eigenvalue weighted by Gasteiger charge is -2.28. The van der Waals surface area contributed by atoms with Gasteiger partial charge in [-0.3, -0.25) is 4.79 Å². The number of hydrogen-bond donors (Lipinski definition) is 1. The van der Waals surface area contributed by atoms with Crippen LogP contribution in [-0.4, -0.2) is 43.5 Å². The number of rotatable bonds is 3. The zero-order chi connectivity index (χ0) is 13.9. The molecule has 0 aromatic heterocycles. The van der Waals surface area contributed by atoms with Crippen LogP contribution in [0.1, 0.15) is 32.6 Å². The Morgan fingerprint density at radius 2 is 2.16 bits per heavy atom. The largest absolute Gasteiger partial charge is 0.345 e. The van der Waals surface area contributed by atoms with Gasteiger partial charge in [0.05, 0.1) is 5.75 Å². The molecule has 1 heterocycles. The number of sulfonamides is 1. The van der Waals surface area contributed by atoms with Gasteiger partial charge < -0.3 is 5.32 Å². The van der Waals surface area contributed by atoms with Crippen LogP contribution in [0.5, 0.6) is 0 Å². The first-order chi connectivity index (χ1) is 9.04. The summed E-state index contributed by atoms with van der Waals surface area (Å²) in [6, 6.07) is 0.0578. The highest BCUT2D eigenvalue weighted by atomic mass is 32.2. The van der Waals surface area contributed by atoms with E-state index in [0.29, 0.717) is 13.1 Å². The Kier molecular flexibility index (Phi) is 4.48. The molecule has 0 aromatic carbocycles. The van der Waals surface area contributed by atoms with Gasteiger partial charge >= 0.3 is 0 Å². The van der Waals surface area contributed by atoms with Crippen molar-refractivity contribution in [3.63, 3.8) is 0 Å². The van der Waals surface area contributed by atoms with Crippen LogP contribution in [0.2, 0.25) is 0 Å². The number of nitrogens with one attached hydrogen (secondary N) is 1. The van der Waals surface area contributed by atoms with Crippen molar-refractivity contribution < 1.29 is 13.2 Å². The molecule has 1 saturated heterocycles. The molecular formula is C13H20N2O3S. The predicted octanol–water partition coefficient (Wildman–Crippen LogP) is 0.330. The van der Waals surface area contributed by atoms with E-state index in [1.807, 2.05) is 0 Å². The van der Waals surface area contributed by atoms with Crippen LogP contribution in [-0.2, 0) is 14.8 Å². The smallest absolute Gasteiger partial charge is 0.295 e. The van der Waals surface area contributed by atoms with Gasteiger partial charge in [-0.05, 0) is 38.0 Å². The summed E-state index contributed by atoms with van der Waals surface area (Å²) in [4.78, 5) is 11.3. The molecular weight excluding hydrogens is 264 g/mol. The van der Waals surface area contributed by atoms with E-state index in [-0.39, 0.29) is 23.6 Å². The van der Waals surface area contributed by atoms with E-state index >= 15 is 0 Å². The first-order valence-corrected chi connectivity index (χ1v) is 8.35. The van der Waals surface area contributed by atoms with E-state index in [1.54, 1.807) is 11.2 Å². The van der Waals surface area contributed by atoms with Gasteiger partial charge in [0.15, 0.2) is 0 Å². The van der Waals surface area contributed by atoms with Gasteiger partial charge in [-0.1, -0.05) is 12.3 Å². The van der Waals surface area contributed by atoms with Crippen molar-refractivity contribution in [3.05, 3.63) is 0 Å². The van der Waals surface area contributed by atoms with Gasteiger partial charge in [0.1, 0.15) is 0 Å². The number of carbonyl (C=O) groups excluding carboxylic acids is 1. The fourth-order valence-corrected chi connectivity index (χ4v) is 4.87. The molecule has 2 unspecified atom stereocenters. The van der Waals surface area contributed by atoms with Gasteiger partial charge in [-0.15, -0.1) is 0 Å². The van der Waals surface area contributed by atoms with Gasteiger partial charge in [0.25, 0.3) is 5.91 Å². The van der Waals surface area contributed by atoms with Crippen LogP contribution in [0.25, 0.3) is 0 Å². The van der Waals surface area contributed by atoms with Crippen molar-refractivity contribution in [2.75, 3.05) is 18.8 Å². The second-order valence-electron chi connectivity index (χ2n) is 5.12. The molecule has 1 aliphatic heterocycles. The first-order valence-electron chi connectivity index (χ1n) is 6.74. The molecule has 0 bridgehead atoms. The fourth-order valence-electron chi connectivity index (χ4n) is 3.05. The molecule has 2 aliphatic rings. The normalized spacial score (nSPS) is 29.7. The molecule has 2 fully saturated rings. The molecule has 0 radical (unpaired) electrons. The SMILES string of the molecule is CC#CC(=O)NCC1CCCC1N1CCCS1(=O)=O. The average Bonchev–Trinajstić information content (AvgIpc) is 2.92.